The minimum absolute atomic E-state index is 0.0554. The van der Waals surface area contributed by atoms with E-state index in [1.165, 1.54) is 24.8 Å². The molecule has 2 nitrogen and oxygen atoms in total. The first-order valence-electron chi connectivity index (χ1n) is 6.01. The van der Waals surface area contributed by atoms with Crippen LogP contribution in [0.25, 0.3) is 0 Å². The monoisotopic (exact) mass is 214 g/mol. The Morgan fingerprint density at radius 3 is 2.62 bits per heavy atom. The van der Waals surface area contributed by atoms with Gasteiger partial charge in [0, 0.05) is 0 Å². The van der Waals surface area contributed by atoms with Gasteiger partial charge in [0.05, 0.1) is 6.07 Å². The molecule has 0 N–H and O–H groups in total. The van der Waals surface area contributed by atoms with E-state index in [0.29, 0.717) is 0 Å². The minimum Gasteiger partial charge on any atom is -0.284 e. The molecule has 1 aliphatic heterocycles. The summed E-state index contributed by atoms with van der Waals surface area (Å²) >= 11 is 0. The van der Waals surface area contributed by atoms with Crippen LogP contribution in [0.2, 0.25) is 0 Å². The smallest absolute Gasteiger partial charge is 0.123 e. The molecule has 0 bridgehead atoms. The van der Waals surface area contributed by atoms with E-state index in [2.05, 4.69) is 36.1 Å². The van der Waals surface area contributed by atoms with Crippen molar-refractivity contribution in [1.29, 1.82) is 5.26 Å². The lowest BCUT2D eigenvalue weighted by Crippen LogP contribution is -2.33. The number of likely N-dealkylation sites (tertiary alicyclic amines) is 1. The molecule has 16 heavy (non-hydrogen) atoms. The second-order valence-corrected chi connectivity index (χ2v) is 4.54. The summed E-state index contributed by atoms with van der Waals surface area (Å²) in [6.07, 6.45) is 3.76. The lowest BCUT2D eigenvalue weighted by Gasteiger charge is -2.30. The van der Waals surface area contributed by atoms with Crippen LogP contribution in [-0.4, -0.2) is 18.0 Å². The highest BCUT2D eigenvalue weighted by Crippen LogP contribution is 2.24. The summed E-state index contributed by atoms with van der Waals surface area (Å²) in [6, 6.07) is 10.7. The van der Waals surface area contributed by atoms with E-state index in [0.717, 1.165) is 18.7 Å². The lowest BCUT2D eigenvalue weighted by atomic mass is 10.0. The zero-order valence-corrected chi connectivity index (χ0v) is 9.82. The van der Waals surface area contributed by atoms with Crippen molar-refractivity contribution in [3.8, 4) is 6.07 Å². The van der Waals surface area contributed by atoms with Crippen LogP contribution in [0.4, 0.5) is 0 Å². The molecule has 1 atom stereocenters. The number of nitrogens with zero attached hydrogens (tertiary/aromatic N) is 2. The Morgan fingerprint density at radius 2 is 2.00 bits per heavy atom. The van der Waals surface area contributed by atoms with Crippen LogP contribution in [0.3, 0.4) is 0 Å². The molecule has 1 aliphatic rings. The van der Waals surface area contributed by atoms with Crippen LogP contribution >= 0.6 is 0 Å². The van der Waals surface area contributed by atoms with Gasteiger partial charge >= 0.3 is 0 Å². The van der Waals surface area contributed by atoms with E-state index in [-0.39, 0.29) is 6.04 Å². The molecular formula is C14H18N2. The van der Waals surface area contributed by atoms with Crippen molar-refractivity contribution in [3.63, 3.8) is 0 Å². The van der Waals surface area contributed by atoms with Gasteiger partial charge < -0.3 is 0 Å². The Hall–Kier alpha value is -1.33. The van der Waals surface area contributed by atoms with E-state index in [1.807, 2.05) is 6.07 Å². The number of aryl methyl sites for hydroxylation is 1. The standard InChI is InChI=1S/C14H18N2/c1-12-6-5-7-13(10-12)14(11-15)16-8-3-2-4-9-16/h5-7,10,14H,2-4,8-9H2,1H3. The number of hydrogen-bond donors (Lipinski definition) is 0. The number of benzene rings is 1. The van der Waals surface area contributed by atoms with Gasteiger partial charge in [-0.15, -0.1) is 0 Å². The van der Waals surface area contributed by atoms with Gasteiger partial charge in [0.1, 0.15) is 6.04 Å². The van der Waals surface area contributed by atoms with Gasteiger partial charge in [-0.25, -0.2) is 0 Å². The van der Waals surface area contributed by atoms with Gasteiger partial charge in [-0.1, -0.05) is 36.2 Å². The summed E-state index contributed by atoms with van der Waals surface area (Å²) in [5, 5.41) is 9.33. The molecule has 0 aliphatic carbocycles. The summed E-state index contributed by atoms with van der Waals surface area (Å²) in [5.74, 6) is 0. The first kappa shape index (κ1) is 11.2. The molecule has 2 heteroatoms. The minimum atomic E-state index is -0.0554. The maximum atomic E-state index is 9.33. The third-order valence-corrected chi connectivity index (χ3v) is 3.24. The average molecular weight is 214 g/mol. The second kappa shape index (κ2) is 5.14. The summed E-state index contributed by atoms with van der Waals surface area (Å²) in [6.45, 7) is 4.20. The van der Waals surface area contributed by atoms with Gasteiger partial charge in [0.25, 0.3) is 0 Å². The number of nitriles is 1. The van der Waals surface area contributed by atoms with Crippen molar-refractivity contribution in [3.05, 3.63) is 35.4 Å². The van der Waals surface area contributed by atoms with Crippen LogP contribution in [0.1, 0.15) is 36.4 Å². The van der Waals surface area contributed by atoms with Crippen molar-refractivity contribution < 1.29 is 0 Å². The fourth-order valence-corrected chi connectivity index (χ4v) is 2.38. The van der Waals surface area contributed by atoms with Crippen LogP contribution in [0.15, 0.2) is 24.3 Å². The molecule has 0 aromatic heterocycles. The van der Waals surface area contributed by atoms with E-state index >= 15 is 0 Å². The van der Waals surface area contributed by atoms with Gasteiger partial charge in [-0.3, -0.25) is 4.90 Å². The largest absolute Gasteiger partial charge is 0.284 e. The Bertz CT molecular complexity index is 386. The highest BCUT2D eigenvalue weighted by atomic mass is 15.2. The Balaban J connectivity index is 2.18. The Kier molecular flexibility index (Phi) is 3.58. The van der Waals surface area contributed by atoms with Gasteiger partial charge in [-0.2, -0.15) is 5.26 Å². The normalized spacial score (nSPS) is 19.0. The molecule has 2 rings (SSSR count). The van der Waals surface area contributed by atoms with E-state index in [9.17, 15) is 5.26 Å². The first-order chi connectivity index (χ1) is 7.81. The predicted molar refractivity (Wildman–Crippen MR) is 65.0 cm³/mol. The molecule has 0 spiro atoms. The SMILES string of the molecule is Cc1cccc(C(C#N)N2CCCCC2)c1. The Labute approximate surface area is 97.5 Å². The third-order valence-electron chi connectivity index (χ3n) is 3.24. The van der Waals surface area contributed by atoms with Crippen LogP contribution < -0.4 is 0 Å². The van der Waals surface area contributed by atoms with E-state index < -0.39 is 0 Å². The van der Waals surface area contributed by atoms with Crippen molar-refractivity contribution in [2.45, 2.75) is 32.2 Å². The van der Waals surface area contributed by atoms with E-state index in [1.54, 1.807) is 0 Å². The zero-order valence-electron chi connectivity index (χ0n) is 9.82. The highest BCUT2D eigenvalue weighted by molar-refractivity contribution is 5.28. The summed E-state index contributed by atoms with van der Waals surface area (Å²) < 4.78 is 0. The van der Waals surface area contributed by atoms with Gasteiger partial charge in [0.15, 0.2) is 0 Å². The molecule has 1 heterocycles. The maximum absolute atomic E-state index is 9.33. The lowest BCUT2D eigenvalue weighted by molar-refractivity contribution is 0.196. The summed E-state index contributed by atoms with van der Waals surface area (Å²) in [5.41, 5.74) is 2.37. The maximum Gasteiger partial charge on any atom is 0.123 e. The fraction of sp³-hybridized carbons (Fsp3) is 0.500. The quantitative estimate of drug-likeness (QED) is 0.756. The molecule has 1 fully saturated rings. The third kappa shape index (κ3) is 2.43. The molecule has 1 unspecified atom stereocenters. The molecule has 0 radical (unpaired) electrons. The van der Waals surface area contributed by atoms with Crippen molar-refractivity contribution in [1.82, 2.24) is 4.90 Å². The molecule has 1 saturated heterocycles. The van der Waals surface area contributed by atoms with E-state index in [4.69, 9.17) is 0 Å². The molecule has 1 aromatic carbocycles. The average Bonchev–Trinajstić information content (AvgIpc) is 2.31. The first-order valence-corrected chi connectivity index (χ1v) is 6.01. The number of piperidine rings is 1. The second-order valence-electron chi connectivity index (χ2n) is 4.54. The number of hydrogen-bond acceptors (Lipinski definition) is 2. The highest BCUT2D eigenvalue weighted by Gasteiger charge is 2.21. The predicted octanol–water partition coefficient (Wildman–Crippen LogP) is 3.05. The summed E-state index contributed by atoms with van der Waals surface area (Å²) in [7, 11) is 0. The van der Waals surface area contributed by atoms with Gasteiger partial charge in [0.2, 0.25) is 0 Å². The van der Waals surface area contributed by atoms with Crippen molar-refractivity contribution >= 4 is 0 Å². The molecular weight excluding hydrogens is 196 g/mol. The fourth-order valence-electron chi connectivity index (χ4n) is 2.38. The Morgan fingerprint density at radius 1 is 1.25 bits per heavy atom. The molecule has 0 saturated carbocycles. The summed E-state index contributed by atoms with van der Waals surface area (Å²) in [4.78, 5) is 2.30. The zero-order chi connectivity index (χ0) is 11.4. The van der Waals surface area contributed by atoms with Crippen molar-refractivity contribution in [2.24, 2.45) is 0 Å². The van der Waals surface area contributed by atoms with Crippen LogP contribution in [-0.2, 0) is 0 Å². The molecule has 84 valence electrons. The van der Waals surface area contributed by atoms with Gasteiger partial charge in [-0.05, 0) is 38.4 Å². The molecule has 1 aromatic rings. The number of rotatable bonds is 2. The topological polar surface area (TPSA) is 27.0 Å². The van der Waals surface area contributed by atoms with Crippen molar-refractivity contribution in [2.75, 3.05) is 13.1 Å². The molecule has 0 amide bonds. The van der Waals surface area contributed by atoms with Crippen LogP contribution in [0, 0.1) is 18.3 Å². The van der Waals surface area contributed by atoms with Crippen LogP contribution in [0.5, 0.6) is 0 Å².